The molecule has 0 aromatic carbocycles. The number of pyridine rings is 1. The van der Waals surface area contributed by atoms with Crippen LogP contribution in [0.15, 0.2) is 30.6 Å². The van der Waals surface area contributed by atoms with E-state index >= 15 is 0 Å². The van der Waals surface area contributed by atoms with Gasteiger partial charge in [-0.1, -0.05) is 0 Å². The van der Waals surface area contributed by atoms with Crippen molar-refractivity contribution in [3.8, 4) is 0 Å². The number of hydrogen-bond donors (Lipinski definition) is 1. The van der Waals surface area contributed by atoms with Gasteiger partial charge in [-0.05, 0) is 24.6 Å². The first-order valence-electron chi connectivity index (χ1n) is 7.60. The number of hydrogen-bond acceptors (Lipinski definition) is 5. The Bertz CT molecular complexity index is 697. The smallest absolute Gasteiger partial charge is 0.270 e. The van der Waals surface area contributed by atoms with Gasteiger partial charge in [0.2, 0.25) is 0 Å². The molecule has 2 aromatic heterocycles. The SMILES string of the molecule is CN(C)c1ccnc(C(=O)N[C@H]2CCO[C@@H]2c2ccnn2C)c1. The third-order valence-electron chi connectivity index (χ3n) is 4.05. The fraction of sp³-hybridized carbons (Fsp3) is 0.438. The van der Waals surface area contributed by atoms with E-state index in [1.54, 1.807) is 23.1 Å². The molecule has 1 amide bonds. The fourth-order valence-corrected chi connectivity index (χ4v) is 2.76. The summed E-state index contributed by atoms with van der Waals surface area (Å²) >= 11 is 0. The molecule has 3 rings (SSSR count). The highest BCUT2D eigenvalue weighted by atomic mass is 16.5. The molecule has 0 saturated carbocycles. The maximum Gasteiger partial charge on any atom is 0.270 e. The second kappa shape index (κ2) is 6.37. The summed E-state index contributed by atoms with van der Waals surface area (Å²) in [5, 5.41) is 7.21. The predicted molar refractivity (Wildman–Crippen MR) is 86.3 cm³/mol. The zero-order valence-corrected chi connectivity index (χ0v) is 13.6. The third kappa shape index (κ3) is 3.19. The van der Waals surface area contributed by atoms with Crippen LogP contribution in [0.3, 0.4) is 0 Å². The van der Waals surface area contributed by atoms with E-state index in [1.807, 2.05) is 38.2 Å². The largest absolute Gasteiger partial charge is 0.378 e. The van der Waals surface area contributed by atoms with Crippen LogP contribution < -0.4 is 10.2 Å². The van der Waals surface area contributed by atoms with E-state index in [-0.39, 0.29) is 18.1 Å². The van der Waals surface area contributed by atoms with Gasteiger partial charge in [-0.2, -0.15) is 5.10 Å². The van der Waals surface area contributed by atoms with Crippen molar-refractivity contribution in [2.75, 3.05) is 25.6 Å². The lowest BCUT2D eigenvalue weighted by molar-refractivity contribution is 0.0789. The molecule has 122 valence electrons. The Kier molecular flexibility index (Phi) is 4.29. The van der Waals surface area contributed by atoms with Crippen LogP contribution in [0.4, 0.5) is 5.69 Å². The van der Waals surface area contributed by atoms with E-state index in [2.05, 4.69) is 15.4 Å². The van der Waals surface area contributed by atoms with Crippen LogP contribution in [0.2, 0.25) is 0 Å². The van der Waals surface area contributed by atoms with Crippen molar-refractivity contribution in [1.82, 2.24) is 20.1 Å². The van der Waals surface area contributed by atoms with Crippen LogP contribution in [0.1, 0.15) is 28.7 Å². The maximum absolute atomic E-state index is 12.5. The standard InChI is InChI=1S/C16H21N5O2/c1-20(2)11-4-7-17-13(10-11)16(22)19-12-6-9-23-15(12)14-5-8-18-21(14)3/h4-5,7-8,10,12,15H,6,9H2,1-3H3,(H,19,22)/t12-,15-/m0/s1. The van der Waals surface area contributed by atoms with E-state index in [0.717, 1.165) is 17.8 Å². The molecule has 1 aliphatic rings. The van der Waals surface area contributed by atoms with Crippen molar-refractivity contribution in [1.29, 1.82) is 0 Å². The zero-order valence-electron chi connectivity index (χ0n) is 13.6. The average molecular weight is 315 g/mol. The Labute approximate surface area is 135 Å². The van der Waals surface area contributed by atoms with Gasteiger partial charge < -0.3 is 15.0 Å². The molecule has 3 heterocycles. The van der Waals surface area contributed by atoms with Crippen molar-refractivity contribution in [2.45, 2.75) is 18.6 Å². The first-order chi connectivity index (χ1) is 11.1. The lowest BCUT2D eigenvalue weighted by atomic mass is 10.1. The van der Waals surface area contributed by atoms with Gasteiger partial charge in [0.15, 0.2) is 0 Å². The molecule has 0 bridgehead atoms. The summed E-state index contributed by atoms with van der Waals surface area (Å²) in [7, 11) is 5.73. The van der Waals surface area contributed by atoms with E-state index in [0.29, 0.717) is 12.3 Å². The highest BCUT2D eigenvalue weighted by Crippen LogP contribution is 2.28. The topological polar surface area (TPSA) is 72.3 Å². The molecule has 1 N–H and O–H groups in total. The van der Waals surface area contributed by atoms with Crippen LogP contribution in [0, 0.1) is 0 Å². The second-order valence-electron chi connectivity index (χ2n) is 5.83. The first-order valence-corrected chi connectivity index (χ1v) is 7.60. The van der Waals surface area contributed by atoms with Crippen LogP contribution in [-0.4, -0.2) is 47.4 Å². The Balaban J connectivity index is 1.74. The molecule has 0 unspecified atom stereocenters. The van der Waals surface area contributed by atoms with Crippen molar-refractivity contribution >= 4 is 11.6 Å². The molecule has 7 heteroatoms. The number of nitrogens with one attached hydrogen (secondary N) is 1. The molecule has 0 aliphatic carbocycles. The van der Waals surface area contributed by atoms with Gasteiger partial charge in [0.1, 0.15) is 11.8 Å². The van der Waals surface area contributed by atoms with Crippen LogP contribution in [0.5, 0.6) is 0 Å². The minimum Gasteiger partial charge on any atom is -0.378 e. The lowest BCUT2D eigenvalue weighted by Crippen LogP contribution is -2.37. The maximum atomic E-state index is 12.5. The number of ether oxygens (including phenoxy) is 1. The second-order valence-corrected chi connectivity index (χ2v) is 5.83. The number of rotatable bonds is 4. The minimum atomic E-state index is -0.184. The van der Waals surface area contributed by atoms with E-state index in [4.69, 9.17) is 4.74 Å². The predicted octanol–water partition coefficient (Wildman–Crippen LogP) is 1.14. The van der Waals surface area contributed by atoms with E-state index < -0.39 is 0 Å². The van der Waals surface area contributed by atoms with Crippen LogP contribution in [0.25, 0.3) is 0 Å². The quantitative estimate of drug-likeness (QED) is 0.916. The molecule has 0 spiro atoms. The lowest BCUT2D eigenvalue weighted by Gasteiger charge is -2.20. The van der Waals surface area contributed by atoms with Crippen molar-refractivity contribution < 1.29 is 9.53 Å². The molecule has 1 saturated heterocycles. The Morgan fingerprint density at radius 3 is 2.91 bits per heavy atom. The first kappa shape index (κ1) is 15.5. The Hall–Kier alpha value is -2.41. The van der Waals surface area contributed by atoms with E-state index in [9.17, 15) is 4.79 Å². The molecule has 2 atom stereocenters. The van der Waals surface area contributed by atoms with Gasteiger partial charge in [0.05, 0.1) is 11.7 Å². The number of anilines is 1. The number of aromatic nitrogens is 3. The van der Waals surface area contributed by atoms with Crippen molar-refractivity contribution in [3.05, 3.63) is 42.0 Å². The average Bonchev–Trinajstić information content (AvgIpc) is 3.15. The number of aryl methyl sites for hydroxylation is 1. The Morgan fingerprint density at radius 2 is 2.22 bits per heavy atom. The molecule has 7 nitrogen and oxygen atoms in total. The molecule has 0 radical (unpaired) electrons. The number of carbonyl (C=O) groups is 1. The normalized spacial score (nSPS) is 20.5. The van der Waals surface area contributed by atoms with Crippen LogP contribution in [-0.2, 0) is 11.8 Å². The zero-order chi connectivity index (χ0) is 16.4. The van der Waals surface area contributed by atoms with Gasteiger partial charge in [-0.15, -0.1) is 0 Å². The van der Waals surface area contributed by atoms with Gasteiger partial charge in [0, 0.05) is 45.8 Å². The summed E-state index contributed by atoms with van der Waals surface area (Å²) in [6.45, 7) is 0.617. The minimum absolute atomic E-state index is 0.0808. The molecular formula is C16H21N5O2. The van der Waals surface area contributed by atoms with Crippen molar-refractivity contribution in [3.63, 3.8) is 0 Å². The summed E-state index contributed by atoms with van der Waals surface area (Å²) in [6, 6.07) is 5.49. The number of carbonyl (C=O) groups excluding carboxylic acids is 1. The number of amides is 1. The monoisotopic (exact) mass is 315 g/mol. The molecule has 2 aromatic rings. The Morgan fingerprint density at radius 1 is 1.39 bits per heavy atom. The van der Waals surface area contributed by atoms with Crippen LogP contribution >= 0.6 is 0 Å². The fourth-order valence-electron chi connectivity index (χ4n) is 2.76. The summed E-state index contributed by atoms with van der Waals surface area (Å²) in [4.78, 5) is 18.6. The van der Waals surface area contributed by atoms with E-state index in [1.165, 1.54) is 0 Å². The molecule has 23 heavy (non-hydrogen) atoms. The van der Waals surface area contributed by atoms with Gasteiger partial charge in [0.25, 0.3) is 5.91 Å². The number of nitrogens with zero attached hydrogens (tertiary/aromatic N) is 4. The summed E-state index contributed by atoms with van der Waals surface area (Å²) in [6.07, 6.45) is 3.98. The van der Waals surface area contributed by atoms with Gasteiger partial charge in [-0.3, -0.25) is 14.5 Å². The molecular weight excluding hydrogens is 294 g/mol. The summed E-state index contributed by atoms with van der Waals surface area (Å²) in [5.41, 5.74) is 2.31. The third-order valence-corrected chi connectivity index (χ3v) is 4.05. The van der Waals surface area contributed by atoms with Gasteiger partial charge in [-0.25, -0.2) is 0 Å². The molecule has 1 fully saturated rings. The van der Waals surface area contributed by atoms with Crippen molar-refractivity contribution in [2.24, 2.45) is 7.05 Å². The summed E-state index contributed by atoms with van der Waals surface area (Å²) < 4.78 is 7.56. The highest BCUT2D eigenvalue weighted by Gasteiger charge is 2.33. The molecule has 1 aliphatic heterocycles. The highest BCUT2D eigenvalue weighted by molar-refractivity contribution is 5.93. The summed E-state index contributed by atoms with van der Waals surface area (Å²) in [5.74, 6) is -0.184. The van der Waals surface area contributed by atoms with Gasteiger partial charge >= 0.3 is 0 Å².